The lowest BCUT2D eigenvalue weighted by atomic mass is 9.84. The molecule has 0 aromatic heterocycles. The first-order valence-corrected chi connectivity index (χ1v) is 8.25. The number of nitrogens with one attached hydrogen (secondary N) is 1. The van der Waals surface area contributed by atoms with E-state index >= 15 is 0 Å². The van der Waals surface area contributed by atoms with Gasteiger partial charge in [-0.25, -0.2) is 13.1 Å². The Bertz CT molecular complexity index is 543. The third kappa shape index (κ3) is 3.71. The molecule has 0 saturated heterocycles. The molecule has 0 spiro atoms. The standard InChI is InChI=1S/C14H24N2O3S/c1-4-14(5-2,10-17)9-16-20(18,19)12-7-6-11(3)13(15)8-12/h6-8,16-17H,4-5,9-10,15H2,1-3H3. The van der Waals surface area contributed by atoms with Gasteiger partial charge in [-0.2, -0.15) is 0 Å². The lowest BCUT2D eigenvalue weighted by molar-refractivity contribution is 0.119. The molecule has 0 heterocycles. The number of aryl methyl sites for hydroxylation is 1. The SMILES string of the molecule is CCC(CC)(CO)CNS(=O)(=O)c1ccc(C)c(N)c1. The highest BCUT2D eigenvalue weighted by Crippen LogP contribution is 2.25. The van der Waals surface area contributed by atoms with E-state index in [0.717, 1.165) is 5.56 Å². The van der Waals surface area contributed by atoms with Crippen LogP contribution < -0.4 is 10.5 Å². The molecule has 0 aliphatic rings. The molecule has 20 heavy (non-hydrogen) atoms. The van der Waals surface area contributed by atoms with Gasteiger partial charge in [0.05, 0.1) is 4.90 Å². The molecule has 1 aromatic carbocycles. The summed E-state index contributed by atoms with van der Waals surface area (Å²) in [4.78, 5) is 0.152. The molecule has 0 bridgehead atoms. The molecule has 1 rings (SSSR count). The molecule has 0 aliphatic heterocycles. The minimum atomic E-state index is -3.60. The maximum absolute atomic E-state index is 12.2. The number of benzene rings is 1. The summed E-state index contributed by atoms with van der Waals surface area (Å²) in [6.45, 7) is 5.88. The molecule has 0 aliphatic carbocycles. The molecule has 4 N–H and O–H groups in total. The Labute approximate surface area is 121 Å². The summed E-state index contributed by atoms with van der Waals surface area (Å²) < 4.78 is 27.1. The zero-order chi connectivity index (χ0) is 15.4. The monoisotopic (exact) mass is 300 g/mol. The van der Waals surface area contributed by atoms with E-state index in [-0.39, 0.29) is 18.0 Å². The van der Waals surface area contributed by atoms with E-state index in [1.807, 2.05) is 20.8 Å². The Morgan fingerprint density at radius 3 is 2.35 bits per heavy atom. The highest BCUT2D eigenvalue weighted by atomic mass is 32.2. The first-order chi connectivity index (χ1) is 9.30. The Kier molecular flexibility index (Phi) is 5.56. The first-order valence-electron chi connectivity index (χ1n) is 6.77. The predicted octanol–water partition coefficient (Wildman–Crippen LogP) is 1.65. The van der Waals surface area contributed by atoms with Gasteiger partial charge in [-0.05, 0) is 37.5 Å². The molecule has 0 unspecified atom stereocenters. The van der Waals surface area contributed by atoms with Crippen LogP contribution in [-0.4, -0.2) is 26.7 Å². The van der Waals surface area contributed by atoms with Crippen LogP contribution in [0.2, 0.25) is 0 Å². The fraction of sp³-hybridized carbons (Fsp3) is 0.571. The van der Waals surface area contributed by atoms with Gasteiger partial charge in [-0.1, -0.05) is 19.9 Å². The van der Waals surface area contributed by atoms with Crippen LogP contribution in [0.1, 0.15) is 32.3 Å². The van der Waals surface area contributed by atoms with Crippen molar-refractivity contribution in [2.24, 2.45) is 5.41 Å². The largest absolute Gasteiger partial charge is 0.398 e. The quantitative estimate of drug-likeness (QED) is 0.668. The topological polar surface area (TPSA) is 92.4 Å². The van der Waals surface area contributed by atoms with Gasteiger partial charge in [-0.15, -0.1) is 0 Å². The number of nitrogen functional groups attached to an aromatic ring is 1. The molecule has 0 atom stereocenters. The third-order valence-electron chi connectivity index (χ3n) is 4.03. The zero-order valence-electron chi connectivity index (χ0n) is 12.3. The molecular formula is C14H24N2O3S. The maximum Gasteiger partial charge on any atom is 0.240 e. The van der Waals surface area contributed by atoms with Gasteiger partial charge in [0.15, 0.2) is 0 Å². The lowest BCUT2D eigenvalue weighted by Gasteiger charge is -2.29. The fourth-order valence-corrected chi connectivity index (χ4v) is 3.09. The summed E-state index contributed by atoms with van der Waals surface area (Å²) in [6, 6.07) is 4.67. The normalized spacial score (nSPS) is 12.6. The van der Waals surface area contributed by atoms with Crippen molar-refractivity contribution in [1.29, 1.82) is 0 Å². The number of sulfonamides is 1. The van der Waals surface area contributed by atoms with E-state index in [4.69, 9.17) is 5.73 Å². The second-order valence-electron chi connectivity index (χ2n) is 5.21. The maximum atomic E-state index is 12.2. The highest BCUT2D eigenvalue weighted by molar-refractivity contribution is 7.89. The fourth-order valence-electron chi connectivity index (χ4n) is 1.90. The van der Waals surface area contributed by atoms with Crippen LogP contribution in [0.3, 0.4) is 0 Å². The predicted molar refractivity (Wildman–Crippen MR) is 80.9 cm³/mol. The Balaban J connectivity index is 2.92. The van der Waals surface area contributed by atoms with Crippen molar-refractivity contribution in [2.45, 2.75) is 38.5 Å². The van der Waals surface area contributed by atoms with E-state index in [1.165, 1.54) is 12.1 Å². The Morgan fingerprint density at radius 1 is 1.30 bits per heavy atom. The average molecular weight is 300 g/mol. The van der Waals surface area contributed by atoms with Crippen molar-refractivity contribution in [3.05, 3.63) is 23.8 Å². The van der Waals surface area contributed by atoms with Gasteiger partial charge < -0.3 is 10.8 Å². The van der Waals surface area contributed by atoms with Crippen LogP contribution in [0.15, 0.2) is 23.1 Å². The average Bonchev–Trinajstić information content (AvgIpc) is 2.44. The van der Waals surface area contributed by atoms with Gasteiger partial charge in [0.25, 0.3) is 0 Å². The van der Waals surface area contributed by atoms with Crippen LogP contribution in [0, 0.1) is 12.3 Å². The smallest absolute Gasteiger partial charge is 0.240 e. The van der Waals surface area contributed by atoms with Gasteiger partial charge in [0, 0.05) is 24.3 Å². The second-order valence-corrected chi connectivity index (χ2v) is 6.98. The molecule has 1 aromatic rings. The first kappa shape index (κ1) is 16.9. The highest BCUT2D eigenvalue weighted by Gasteiger charge is 2.27. The van der Waals surface area contributed by atoms with Gasteiger partial charge in [-0.3, -0.25) is 0 Å². The summed E-state index contributed by atoms with van der Waals surface area (Å²) in [6.07, 6.45) is 1.41. The number of hydrogen-bond donors (Lipinski definition) is 3. The summed E-state index contributed by atoms with van der Waals surface area (Å²) >= 11 is 0. The van der Waals surface area contributed by atoms with Crippen LogP contribution in [0.4, 0.5) is 5.69 Å². The summed E-state index contributed by atoms with van der Waals surface area (Å²) in [5, 5.41) is 9.47. The number of hydrogen-bond acceptors (Lipinski definition) is 4. The Morgan fingerprint density at radius 2 is 1.90 bits per heavy atom. The molecule has 114 valence electrons. The summed E-state index contributed by atoms with van der Waals surface area (Å²) in [5.74, 6) is 0. The number of rotatable bonds is 7. The van der Waals surface area contributed by atoms with Crippen LogP contribution in [-0.2, 0) is 10.0 Å². The number of aliphatic hydroxyl groups is 1. The van der Waals surface area contributed by atoms with Crippen molar-refractivity contribution in [2.75, 3.05) is 18.9 Å². The second kappa shape index (κ2) is 6.56. The lowest BCUT2D eigenvalue weighted by Crippen LogP contribution is -2.39. The van der Waals surface area contributed by atoms with E-state index in [1.54, 1.807) is 6.07 Å². The minimum Gasteiger partial charge on any atom is -0.398 e. The molecular weight excluding hydrogens is 276 g/mol. The van der Waals surface area contributed by atoms with E-state index in [9.17, 15) is 13.5 Å². The van der Waals surface area contributed by atoms with Gasteiger partial charge in [0.2, 0.25) is 10.0 Å². The van der Waals surface area contributed by atoms with E-state index in [0.29, 0.717) is 18.5 Å². The summed E-state index contributed by atoms with van der Waals surface area (Å²) in [5.41, 5.74) is 6.63. The molecule has 0 amide bonds. The molecule has 0 saturated carbocycles. The van der Waals surface area contributed by atoms with E-state index < -0.39 is 15.4 Å². The van der Waals surface area contributed by atoms with Gasteiger partial charge in [0.1, 0.15) is 0 Å². The van der Waals surface area contributed by atoms with Crippen molar-refractivity contribution in [1.82, 2.24) is 4.72 Å². The zero-order valence-corrected chi connectivity index (χ0v) is 13.1. The van der Waals surface area contributed by atoms with Crippen molar-refractivity contribution in [3.8, 4) is 0 Å². The van der Waals surface area contributed by atoms with Crippen LogP contribution in [0.25, 0.3) is 0 Å². The number of aliphatic hydroxyl groups excluding tert-OH is 1. The third-order valence-corrected chi connectivity index (χ3v) is 5.43. The molecule has 0 radical (unpaired) electrons. The van der Waals surface area contributed by atoms with Crippen molar-refractivity contribution in [3.63, 3.8) is 0 Å². The number of anilines is 1. The minimum absolute atomic E-state index is 0.0431. The molecule has 6 heteroatoms. The van der Waals surface area contributed by atoms with Crippen LogP contribution >= 0.6 is 0 Å². The summed E-state index contributed by atoms with van der Waals surface area (Å²) in [7, 11) is -3.60. The number of nitrogens with two attached hydrogens (primary N) is 1. The molecule has 5 nitrogen and oxygen atoms in total. The van der Waals surface area contributed by atoms with Crippen LogP contribution in [0.5, 0.6) is 0 Å². The van der Waals surface area contributed by atoms with Crippen molar-refractivity contribution >= 4 is 15.7 Å². The Hall–Kier alpha value is -1.11. The van der Waals surface area contributed by atoms with Gasteiger partial charge >= 0.3 is 0 Å². The molecule has 0 fully saturated rings. The van der Waals surface area contributed by atoms with Crippen molar-refractivity contribution < 1.29 is 13.5 Å². The van der Waals surface area contributed by atoms with E-state index in [2.05, 4.69) is 4.72 Å².